The van der Waals surface area contributed by atoms with Gasteiger partial charge >= 0.3 is 0 Å². The van der Waals surface area contributed by atoms with Gasteiger partial charge in [-0.2, -0.15) is 0 Å². The second-order valence-electron chi connectivity index (χ2n) is 4.04. The summed E-state index contributed by atoms with van der Waals surface area (Å²) >= 11 is 3.26. The number of nitrogen functional groups attached to an aromatic ring is 1. The zero-order valence-electron chi connectivity index (χ0n) is 8.96. The molecule has 3 nitrogen and oxygen atoms in total. The normalized spacial score (nSPS) is 14.9. The lowest BCUT2D eigenvalue weighted by atomic mass is 10.0. The molecule has 0 aliphatic carbocycles. The Labute approximate surface area is 106 Å². The number of ether oxygens (including phenoxy) is 1. The molecule has 1 aliphatic heterocycles. The van der Waals surface area contributed by atoms with Crippen molar-refractivity contribution in [3.8, 4) is 0 Å². The molecule has 0 amide bonds. The van der Waals surface area contributed by atoms with Gasteiger partial charge in [-0.05, 0) is 12.1 Å². The number of anilines is 1. The fourth-order valence-electron chi connectivity index (χ4n) is 2.12. The van der Waals surface area contributed by atoms with Gasteiger partial charge in [0.15, 0.2) is 5.82 Å². The summed E-state index contributed by atoms with van der Waals surface area (Å²) in [6.07, 6.45) is 0.685. The lowest BCUT2D eigenvalue weighted by Gasteiger charge is -2.19. The van der Waals surface area contributed by atoms with Crippen LogP contribution in [0.15, 0.2) is 16.6 Å². The van der Waals surface area contributed by atoms with Gasteiger partial charge in [0.05, 0.1) is 18.9 Å². The molecule has 0 atom stereocenters. The number of nitrogens with two attached hydrogens (primary N) is 1. The van der Waals surface area contributed by atoms with Crippen LogP contribution in [0.25, 0.3) is 10.9 Å². The Kier molecular flexibility index (Phi) is 2.52. The zero-order chi connectivity index (χ0) is 12.0. The lowest BCUT2D eigenvalue weighted by molar-refractivity contribution is 0.110. The van der Waals surface area contributed by atoms with Gasteiger partial charge in [0.1, 0.15) is 5.52 Å². The number of hydrogen-bond acceptors (Lipinski definition) is 3. The third kappa shape index (κ3) is 1.70. The molecular weight excluding hydrogens is 287 g/mol. The van der Waals surface area contributed by atoms with Gasteiger partial charge in [-0.3, -0.25) is 0 Å². The first-order valence-corrected chi connectivity index (χ1v) is 6.10. The van der Waals surface area contributed by atoms with Crippen molar-refractivity contribution in [1.29, 1.82) is 0 Å². The second-order valence-corrected chi connectivity index (χ2v) is 4.95. The van der Waals surface area contributed by atoms with Gasteiger partial charge in [-0.25, -0.2) is 9.37 Å². The summed E-state index contributed by atoms with van der Waals surface area (Å²) in [7, 11) is 0. The highest BCUT2D eigenvalue weighted by atomic mass is 79.9. The topological polar surface area (TPSA) is 48.1 Å². The maximum atomic E-state index is 13.8. The first-order chi connectivity index (χ1) is 8.16. The van der Waals surface area contributed by atoms with E-state index in [1.807, 2.05) is 0 Å². The minimum absolute atomic E-state index is 0.339. The van der Waals surface area contributed by atoms with Crippen LogP contribution in [0, 0.1) is 5.82 Å². The molecule has 0 unspecified atom stereocenters. The van der Waals surface area contributed by atoms with E-state index in [-0.39, 0.29) is 5.82 Å². The van der Waals surface area contributed by atoms with E-state index < -0.39 is 0 Å². The van der Waals surface area contributed by atoms with E-state index in [1.165, 1.54) is 6.07 Å². The van der Waals surface area contributed by atoms with Gasteiger partial charge in [0.2, 0.25) is 0 Å². The summed E-state index contributed by atoms with van der Waals surface area (Å²) in [5.74, 6) is -0.352. The van der Waals surface area contributed by atoms with Gasteiger partial charge in [0.25, 0.3) is 0 Å². The van der Waals surface area contributed by atoms with E-state index in [0.29, 0.717) is 40.7 Å². The average molecular weight is 297 g/mol. The van der Waals surface area contributed by atoms with E-state index in [2.05, 4.69) is 20.9 Å². The monoisotopic (exact) mass is 296 g/mol. The molecule has 0 saturated carbocycles. The van der Waals surface area contributed by atoms with Crippen LogP contribution in [0.4, 0.5) is 10.1 Å². The smallest absolute Gasteiger partial charge is 0.150 e. The Bertz CT molecular complexity index is 615. The molecule has 5 heteroatoms. The lowest BCUT2D eigenvalue weighted by Crippen LogP contribution is -2.14. The SMILES string of the molecule is Nc1c2c(nc3c(F)cc(Br)cc13)CCOC2. The number of nitrogens with zero attached hydrogens (tertiary/aromatic N) is 1. The summed E-state index contributed by atoms with van der Waals surface area (Å²) in [5.41, 5.74) is 8.72. The Balaban J connectivity index is 2.40. The predicted octanol–water partition coefficient (Wildman–Crippen LogP) is 2.79. The first-order valence-electron chi connectivity index (χ1n) is 5.30. The number of hydrogen-bond donors (Lipinski definition) is 1. The molecule has 0 fully saturated rings. The third-order valence-corrected chi connectivity index (χ3v) is 3.43. The number of aromatic nitrogens is 1. The van der Waals surface area contributed by atoms with E-state index >= 15 is 0 Å². The van der Waals surface area contributed by atoms with Crippen LogP contribution in [-0.2, 0) is 17.8 Å². The van der Waals surface area contributed by atoms with E-state index in [0.717, 1.165) is 11.3 Å². The minimum atomic E-state index is -0.352. The molecule has 2 heterocycles. The van der Waals surface area contributed by atoms with Gasteiger partial charge in [-0.15, -0.1) is 0 Å². The maximum absolute atomic E-state index is 13.8. The van der Waals surface area contributed by atoms with Crippen LogP contribution in [0.3, 0.4) is 0 Å². The average Bonchev–Trinajstić information content (AvgIpc) is 2.31. The summed E-state index contributed by atoms with van der Waals surface area (Å²) in [4.78, 5) is 4.36. The van der Waals surface area contributed by atoms with Crippen molar-refractivity contribution in [3.63, 3.8) is 0 Å². The first kappa shape index (κ1) is 10.9. The Morgan fingerprint density at radius 3 is 3.06 bits per heavy atom. The summed E-state index contributed by atoms with van der Waals surface area (Å²) in [5, 5.41) is 0.640. The van der Waals surface area contributed by atoms with Crippen molar-refractivity contribution >= 4 is 32.5 Å². The van der Waals surface area contributed by atoms with Crippen molar-refractivity contribution in [2.24, 2.45) is 0 Å². The van der Waals surface area contributed by atoms with Crippen LogP contribution < -0.4 is 5.73 Å². The maximum Gasteiger partial charge on any atom is 0.150 e. The molecule has 0 saturated heterocycles. The van der Waals surface area contributed by atoms with Crippen LogP contribution in [0.2, 0.25) is 0 Å². The molecule has 2 N–H and O–H groups in total. The zero-order valence-corrected chi connectivity index (χ0v) is 10.6. The number of fused-ring (bicyclic) bond motifs is 2. The highest BCUT2D eigenvalue weighted by molar-refractivity contribution is 9.10. The van der Waals surface area contributed by atoms with Gasteiger partial charge in [0, 0.05) is 27.5 Å². The summed E-state index contributed by atoms with van der Waals surface area (Å²) in [6, 6.07) is 3.19. The number of benzene rings is 1. The number of pyridine rings is 1. The van der Waals surface area contributed by atoms with Crippen molar-refractivity contribution < 1.29 is 9.13 Å². The summed E-state index contributed by atoms with van der Waals surface area (Å²) < 4.78 is 19.8. The Hall–Kier alpha value is -1.20. The van der Waals surface area contributed by atoms with Crippen LogP contribution >= 0.6 is 15.9 Å². The molecule has 1 aromatic carbocycles. The van der Waals surface area contributed by atoms with Crippen LogP contribution in [0.1, 0.15) is 11.3 Å². The van der Waals surface area contributed by atoms with E-state index in [9.17, 15) is 4.39 Å². The van der Waals surface area contributed by atoms with Crippen LogP contribution in [-0.4, -0.2) is 11.6 Å². The fraction of sp³-hybridized carbons (Fsp3) is 0.250. The Morgan fingerprint density at radius 1 is 1.41 bits per heavy atom. The van der Waals surface area contributed by atoms with E-state index in [1.54, 1.807) is 6.07 Å². The quantitative estimate of drug-likeness (QED) is 0.813. The summed E-state index contributed by atoms with van der Waals surface area (Å²) in [6.45, 7) is 1.07. The van der Waals surface area contributed by atoms with Crippen molar-refractivity contribution in [1.82, 2.24) is 4.98 Å². The Morgan fingerprint density at radius 2 is 2.24 bits per heavy atom. The van der Waals surface area contributed by atoms with Gasteiger partial charge < -0.3 is 10.5 Å². The molecule has 0 radical (unpaired) electrons. The van der Waals surface area contributed by atoms with Gasteiger partial charge in [-0.1, -0.05) is 15.9 Å². The number of rotatable bonds is 0. The predicted molar refractivity (Wildman–Crippen MR) is 67.2 cm³/mol. The fourth-order valence-corrected chi connectivity index (χ4v) is 2.55. The molecule has 17 heavy (non-hydrogen) atoms. The standard InChI is InChI=1S/C12H10BrFN2O/c13-6-3-7-11(15)8-5-17-2-1-10(8)16-12(7)9(14)4-6/h3-4H,1-2,5H2,(H2,15,16). The molecule has 3 rings (SSSR count). The van der Waals surface area contributed by atoms with Crippen molar-refractivity contribution in [2.45, 2.75) is 13.0 Å². The molecular formula is C12H10BrFN2O. The minimum Gasteiger partial charge on any atom is -0.398 e. The van der Waals surface area contributed by atoms with Crippen molar-refractivity contribution in [2.75, 3.05) is 12.3 Å². The molecule has 1 aliphatic rings. The molecule has 0 spiro atoms. The van der Waals surface area contributed by atoms with Crippen LogP contribution in [0.5, 0.6) is 0 Å². The molecule has 88 valence electrons. The third-order valence-electron chi connectivity index (χ3n) is 2.97. The second kappa shape index (κ2) is 3.92. The largest absolute Gasteiger partial charge is 0.398 e. The highest BCUT2D eigenvalue weighted by Gasteiger charge is 2.18. The highest BCUT2D eigenvalue weighted by Crippen LogP contribution is 2.32. The molecule has 1 aromatic heterocycles. The molecule has 2 aromatic rings. The molecule has 0 bridgehead atoms. The van der Waals surface area contributed by atoms with E-state index in [4.69, 9.17) is 10.5 Å². The number of halogens is 2. The van der Waals surface area contributed by atoms with Crippen molar-refractivity contribution in [3.05, 3.63) is 33.7 Å².